The number of halogens is 1. The summed E-state index contributed by atoms with van der Waals surface area (Å²) in [7, 11) is 0. The molecule has 0 amide bonds. The van der Waals surface area contributed by atoms with Gasteiger partial charge in [-0.25, -0.2) is 9.97 Å². The van der Waals surface area contributed by atoms with Gasteiger partial charge in [0.15, 0.2) is 0 Å². The van der Waals surface area contributed by atoms with Crippen molar-refractivity contribution in [1.29, 1.82) is 0 Å². The summed E-state index contributed by atoms with van der Waals surface area (Å²) >= 11 is 7.67. The second-order valence-corrected chi connectivity index (χ2v) is 6.55. The first-order chi connectivity index (χ1) is 10.1. The molecule has 1 aromatic carbocycles. The van der Waals surface area contributed by atoms with E-state index in [0.29, 0.717) is 5.88 Å². The third kappa shape index (κ3) is 2.58. The molecule has 110 valence electrons. The number of hydrogen-bond acceptors (Lipinski definition) is 3. The third-order valence-corrected chi connectivity index (χ3v) is 5.02. The van der Waals surface area contributed by atoms with Crippen LogP contribution in [0.3, 0.4) is 0 Å². The molecule has 5 heteroatoms. The van der Waals surface area contributed by atoms with Crippen LogP contribution in [-0.4, -0.2) is 20.4 Å². The van der Waals surface area contributed by atoms with E-state index in [1.165, 1.54) is 5.56 Å². The van der Waals surface area contributed by atoms with E-state index >= 15 is 0 Å². The summed E-state index contributed by atoms with van der Waals surface area (Å²) in [5.74, 6) is 1.61. The minimum atomic E-state index is 0.175. The SMILES string of the molecule is Cc1csc(C(C)n2c(CCCl)nc3c(C)cccc32)n1. The van der Waals surface area contributed by atoms with Crippen molar-refractivity contribution in [1.82, 2.24) is 14.5 Å². The number of benzene rings is 1. The van der Waals surface area contributed by atoms with E-state index in [0.717, 1.165) is 34.0 Å². The van der Waals surface area contributed by atoms with Crippen molar-refractivity contribution in [2.24, 2.45) is 0 Å². The minimum Gasteiger partial charge on any atom is -0.318 e. The molecule has 0 spiro atoms. The smallest absolute Gasteiger partial charge is 0.116 e. The monoisotopic (exact) mass is 319 g/mol. The van der Waals surface area contributed by atoms with Gasteiger partial charge in [-0.15, -0.1) is 22.9 Å². The average molecular weight is 320 g/mol. The Hall–Kier alpha value is -1.39. The van der Waals surface area contributed by atoms with Crippen LogP contribution in [0.4, 0.5) is 0 Å². The standard InChI is InChI=1S/C16H18ClN3S/c1-10-5-4-6-13-15(10)19-14(7-8-17)20(13)12(3)16-18-11(2)9-21-16/h4-6,9,12H,7-8H2,1-3H3. The number of para-hydroxylation sites is 1. The number of rotatable bonds is 4. The summed E-state index contributed by atoms with van der Waals surface area (Å²) in [6, 6.07) is 6.49. The van der Waals surface area contributed by atoms with Gasteiger partial charge in [-0.1, -0.05) is 12.1 Å². The maximum Gasteiger partial charge on any atom is 0.116 e. The molecule has 0 saturated heterocycles. The number of imidazole rings is 1. The van der Waals surface area contributed by atoms with Gasteiger partial charge in [-0.05, 0) is 32.4 Å². The molecule has 3 rings (SSSR count). The zero-order valence-corrected chi connectivity index (χ0v) is 14.0. The van der Waals surface area contributed by atoms with Crippen LogP contribution in [0.25, 0.3) is 11.0 Å². The number of thiazole rings is 1. The quantitative estimate of drug-likeness (QED) is 0.663. The second kappa shape index (κ2) is 5.78. The van der Waals surface area contributed by atoms with Crippen molar-refractivity contribution in [2.75, 3.05) is 5.88 Å². The summed E-state index contributed by atoms with van der Waals surface area (Å²) in [6.45, 7) is 6.31. The molecule has 3 aromatic rings. The first-order valence-corrected chi connectivity index (χ1v) is 8.47. The van der Waals surface area contributed by atoms with Crippen molar-refractivity contribution in [2.45, 2.75) is 33.2 Å². The van der Waals surface area contributed by atoms with Crippen LogP contribution in [-0.2, 0) is 6.42 Å². The Bertz CT molecular complexity index is 775. The highest BCUT2D eigenvalue weighted by molar-refractivity contribution is 7.09. The third-order valence-electron chi connectivity index (χ3n) is 3.69. The molecular formula is C16H18ClN3S. The number of fused-ring (bicyclic) bond motifs is 1. The van der Waals surface area contributed by atoms with Gasteiger partial charge in [-0.3, -0.25) is 0 Å². The van der Waals surface area contributed by atoms with E-state index in [4.69, 9.17) is 16.6 Å². The molecule has 0 aliphatic rings. The van der Waals surface area contributed by atoms with E-state index < -0.39 is 0 Å². The van der Waals surface area contributed by atoms with Gasteiger partial charge in [-0.2, -0.15) is 0 Å². The van der Waals surface area contributed by atoms with Crippen molar-refractivity contribution in [3.8, 4) is 0 Å². The van der Waals surface area contributed by atoms with E-state index in [2.05, 4.69) is 47.0 Å². The highest BCUT2D eigenvalue weighted by Crippen LogP contribution is 2.29. The van der Waals surface area contributed by atoms with Crippen molar-refractivity contribution in [3.63, 3.8) is 0 Å². The number of aromatic nitrogens is 3. The average Bonchev–Trinajstić information content (AvgIpc) is 3.03. The van der Waals surface area contributed by atoms with Crippen LogP contribution in [0.5, 0.6) is 0 Å². The van der Waals surface area contributed by atoms with Crippen LogP contribution >= 0.6 is 22.9 Å². The molecular weight excluding hydrogens is 302 g/mol. The maximum atomic E-state index is 5.96. The Morgan fingerprint density at radius 2 is 2.10 bits per heavy atom. The normalized spacial score (nSPS) is 13.0. The molecule has 2 heterocycles. The predicted molar refractivity (Wildman–Crippen MR) is 89.6 cm³/mol. The van der Waals surface area contributed by atoms with Gasteiger partial charge < -0.3 is 4.57 Å². The largest absolute Gasteiger partial charge is 0.318 e. The first-order valence-electron chi connectivity index (χ1n) is 7.06. The van der Waals surface area contributed by atoms with E-state index in [1.807, 2.05) is 6.92 Å². The zero-order valence-electron chi connectivity index (χ0n) is 12.4. The molecule has 1 unspecified atom stereocenters. The Kier molecular flexibility index (Phi) is 4.00. The minimum absolute atomic E-state index is 0.175. The van der Waals surface area contributed by atoms with Crippen molar-refractivity contribution in [3.05, 3.63) is 45.7 Å². The van der Waals surface area contributed by atoms with E-state index in [9.17, 15) is 0 Å². The molecule has 0 N–H and O–H groups in total. The lowest BCUT2D eigenvalue weighted by Gasteiger charge is -2.15. The number of aryl methyl sites for hydroxylation is 3. The molecule has 1 atom stereocenters. The Morgan fingerprint density at radius 3 is 2.76 bits per heavy atom. The number of alkyl halides is 1. The lowest BCUT2D eigenvalue weighted by Crippen LogP contribution is -2.11. The van der Waals surface area contributed by atoms with Crippen molar-refractivity contribution >= 4 is 34.0 Å². The van der Waals surface area contributed by atoms with Gasteiger partial charge >= 0.3 is 0 Å². The van der Waals surface area contributed by atoms with Crippen LogP contribution < -0.4 is 0 Å². The fourth-order valence-corrected chi connectivity index (χ4v) is 3.68. The van der Waals surface area contributed by atoms with E-state index in [1.54, 1.807) is 11.3 Å². The Labute approximate surface area is 133 Å². The Balaban J connectivity index is 2.19. The highest BCUT2D eigenvalue weighted by Gasteiger charge is 2.19. The molecule has 0 bridgehead atoms. The summed E-state index contributed by atoms with van der Waals surface area (Å²) in [5.41, 5.74) is 4.50. The van der Waals surface area contributed by atoms with Crippen LogP contribution in [0, 0.1) is 13.8 Å². The van der Waals surface area contributed by atoms with Crippen LogP contribution in [0.1, 0.15) is 35.1 Å². The fourth-order valence-electron chi connectivity index (χ4n) is 2.67. The molecule has 2 aromatic heterocycles. The number of nitrogens with zero attached hydrogens (tertiary/aromatic N) is 3. The molecule has 0 radical (unpaired) electrons. The Morgan fingerprint density at radius 1 is 1.29 bits per heavy atom. The lowest BCUT2D eigenvalue weighted by atomic mass is 10.2. The van der Waals surface area contributed by atoms with Gasteiger partial charge in [0, 0.05) is 23.4 Å². The van der Waals surface area contributed by atoms with Crippen LogP contribution in [0.2, 0.25) is 0 Å². The molecule has 21 heavy (non-hydrogen) atoms. The molecule has 0 fully saturated rings. The van der Waals surface area contributed by atoms with Gasteiger partial charge in [0.2, 0.25) is 0 Å². The topological polar surface area (TPSA) is 30.7 Å². The van der Waals surface area contributed by atoms with Gasteiger partial charge in [0.1, 0.15) is 10.8 Å². The fraction of sp³-hybridized carbons (Fsp3) is 0.375. The zero-order chi connectivity index (χ0) is 15.0. The second-order valence-electron chi connectivity index (χ2n) is 5.28. The summed E-state index contributed by atoms with van der Waals surface area (Å²) in [6.07, 6.45) is 0.768. The molecule has 3 nitrogen and oxygen atoms in total. The van der Waals surface area contributed by atoms with E-state index in [-0.39, 0.29) is 6.04 Å². The summed E-state index contributed by atoms with van der Waals surface area (Å²) in [5, 5.41) is 3.21. The lowest BCUT2D eigenvalue weighted by molar-refractivity contribution is 0.619. The first kappa shape index (κ1) is 14.5. The predicted octanol–water partition coefficient (Wildman–Crippen LogP) is 4.50. The molecule has 0 aliphatic heterocycles. The molecule has 0 saturated carbocycles. The van der Waals surface area contributed by atoms with Crippen LogP contribution in [0.15, 0.2) is 23.6 Å². The van der Waals surface area contributed by atoms with Gasteiger partial charge in [0.25, 0.3) is 0 Å². The molecule has 0 aliphatic carbocycles. The van der Waals surface area contributed by atoms with Gasteiger partial charge in [0.05, 0.1) is 17.1 Å². The highest BCUT2D eigenvalue weighted by atomic mass is 35.5. The number of hydrogen-bond donors (Lipinski definition) is 0. The van der Waals surface area contributed by atoms with Crippen molar-refractivity contribution < 1.29 is 0 Å². The summed E-state index contributed by atoms with van der Waals surface area (Å²) < 4.78 is 2.28. The summed E-state index contributed by atoms with van der Waals surface area (Å²) in [4.78, 5) is 9.44. The maximum absolute atomic E-state index is 5.96.